The van der Waals surface area contributed by atoms with Crippen LogP contribution in [0.5, 0.6) is 11.5 Å². The molecule has 0 heterocycles. The molecule has 1 atom stereocenters. The molecule has 1 aromatic rings. The second-order valence-electron chi connectivity index (χ2n) is 3.38. The van der Waals surface area contributed by atoms with Crippen molar-refractivity contribution in [3.8, 4) is 11.5 Å². The number of hydrogen-bond acceptors (Lipinski definition) is 3. The smallest absolute Gasteiger partial charge is 0.197 e. The molecule has 17 heavy (non-hydrogen) atoms. The van der Waals surface area contributed by atoms with Gasteiger partial charge in [-0.25, -0.2) is 0 Å². The van der Waals surface area contributed by atoms with Crippen LogP contribution in [-0.2, 0) is 4.74 Å². The Morgan fingerprint density at radius 1 is 1.47 bits per heavy atom. The van der Waals surface area contributed by atoms with Gasteiger partial charge < -0.3 is 14.2 Å². The molecule has 3 nitrogen and oxygen atoms in total. The summed E-state index contributed by atoms with van der Waals surface area (Å²) in [7, 11) is 1.62. The van der Waals surface area contributed by atoms with E-state index in [0.717, 1.165) is 9.13 Å². The molecule has 94 valence electrons. The van der Waals surface area contributed by atoms with Gasteiger partial charge in [-0.1, -0.05) is 12.7 Å². The van der Waals surface area contributed by atoms with E-state index in [9.17, 15) is 0 Å². The average Bonchev–Trinajstić information content (AvgIpc) is 2.31. The van der Waals surface area contributed by atoms with Crippen LogP contribution in [0.25, 0.3) is 6.08 Å². The monoisotopic (exact) mass is 348 g/mol. The zero-order valence-electron chi connectivity index (χ0n) is 10.3. The van der Waals surface area contributed by atoms with Gasteiger partial charge in [0, 0.05) is 6.61 Å². The van der Waals surface area contributed by atoms with Gasteiger partial charge in [0.1, 0.15) is 0 Å². The lowest BCUT2D eigenvalue weighted by atomic mass is 10.2. The summed E-state index contributed by atoms with van der Waals surface area (Å²) in [6, 6.07) is 3.88. The maximum absolute atomic E-state index is 5.72. The van der Waals surface area contributed by atoms with Crippen molar-refractivity contribution in [2.24, 2.45) is 0 Å². The number of rotatable bonds is 6. The molecule has 0 spiro atoms. The molecule has 0 N–H and O–H groups in total. The van der Waals surface area contributed by atoms with Crippen molar-refractivity contribution in [1.82, 2.24) is 0 Å². The Hall–Kier alpha value is -0.750. The molecule has 0 saturated carbocycles. The third-order valence-corrected chi connectivity index (χ3v) is 2.97. The normalized spacial score (nSPS) is 12.0. The van der Waals surface area contributed by atoms with Gasteiger partial charge in [0.05, 0.1) is 10.7 Å². The van der Waals surface area contributed by atoms with Gasteiger partial charge in [0.15, 0.2) is 17.8 Å². The Kier molecular flexibility index (Phi) is 5.77. The maximum Gasteiger partial charge on any atom is 0.197 e. The highest BCUT2D eigenvalue weighted by Crippen LogP contribution is 2.35. The Balaban J connectivity index is 3.01. The van der Waals surface area contributed by atoms with E-state index in [2.05, 4.69) is 29.2 Å². The molecule has 0 amide bonds. The standard InChI is InChI=1S/C13H17IO3/c1-5-10-7-11(14)13(12(8-10)15-4)17-9(3)16-6-2/h5,7-9H,1,6H2,2-4H3. The number of hydrogen-bond donors (Lipinski definition) is 0. The van der Waals surface area contributed by atoms with E-state index in [0.29, 0.717) is 18.1 Å². The predicted molar refractivity (Wildman–Crippen MR) is 77.5 cm³/mol. The maximum atomic E-state index is 5.72. The van der Waals surface area contributed by atoms with Gasteiger partial charge in [0.25, 0.3) is 0 Å². The molecule has 1 rings (SSSR count). The molecule has 1 aromatic carbocycles. The quantitative estimate of drug-likeness (QED) is 0.580. The van der Waals surface area contributed by atoms with Crippen molar-refractivity contribution in [2.45, 2.75) is 20.1 Å². The summed E-state index contributed by atoms with van der Waals surface area (Å²) in [5.74, 6) is 1.40. The molecular formula is C13H17IO3. The lowest BCUT2D eigenvalue weighted by Crippen LogP contribution is -2.17. The summed E-state index contributed by atoms with van der Waals surface area (Å²) in [4.78, 5) is 0. The summed E-state index contributed by atoms with van der Waals surface area (Å²) in [6.45, 7) is 8.15. The van der Waals surface area contributed by atoms with Gasteiger partial charge in [-0.3, -0.25) is 0 Å². The van der Waals surface area contributed by atoms with Crippen LogP contribution in [0.2, 0.25) is 0 Å². The largest absolute Gasteiger partial charge is 0.493 e. The van der Waals surface area contributed by atoms with E-state index in [1.165, 1.54) is 0 Å². The molecule has 0 aromatic heterocycles. The van der Waals surface area contributed by atoms with E-state index in [4.69, 9.17) is 14.2 Å². The Bertz CT molecular complexity index is 390. The first-order chi connectivity index (χ1) is 8.12. The molecule has 0 aliphatic rings. The molecule has 0 bridgehead atoms. The fourth-order valence-electron chi connectivity index (χ4n) is 1.41. The number of benzene rings is 1. The topological polar surface area (TPSA) is 27.7 Å². The minimum absolute atomic E-state index is 0.294. The van der Waals surface area contributed by atoms with Crippen LogP contribution in [-0.4, -0.2) is 20.0 Å². The molecule has 4 heteroatoms. The summed E-state index contributed by atoms with van der Waals surface area (Å²) < 4.78 is 17.4. The van der Waals surface area contributed by atoms with Crippen LogP contribution < -0.4 is 9.47 Å². The molecule has 1 unspecified atom stereocenters. The zero-order valence-corrected chi connectivity index (χ0v) is 12.5. The van der Waals surface area contributed by atoms with Crippen molar-refractivity contribution >= 4 is 28.7 Å². The van der Waals surface area contributed by atoms with Crippen molar-refractivity contribution in [2.75, 3.05) is 13.7 Å². The summed E-state index contributed by atoms with van der Waals surface area (Å²) in [6.07, 6.45) is 1.48. The second-order valence-corrected chi connectivity index (χ2v) is 4.54. The zero-order chi connectivity index (χ0) is 12.8. The van der Waals surface area contributed by atoms with Gasteiger partial charge in [0.2, 0.25) is 0 Å². The van der Waals surface area contributed by atoms with E-state index >= 15 is 0 Å². The molecule has 0 radical (unpaired) electrons. The number of halogens is 1. The molecule has 0 aliphatic heterocycles. The minimum Gasteiger partial charge on any atom is -0.493 e. The number of methoxy groups -OCH3 is 1. The SMILES string of the molecule is C=Cc1cc(I)c(OC(C)OCC)c(OC)c1. The van der Waals surface area contributed by atoms with Gasteiger partial charge in [-0.2, -0.15) is 0 Å². The highest BCUT2D eigenvalue weighted by atomic mass is 127. The Morgan fingerprint density at radius 2 is 2.18 bits per heavy atom. The highest BCUT2D eigenvalue weighted by molar-refractivity contribution is 14.1. The summed E-state index contributed by atoms with van der Waals surface area (Å²) >= 11 is 2.21. The van der Waals surface area contributed by atoms with Crippen LogP contribution in [0.3, 0.4) is 0 Å². The van der Waals surface area contributed by atoms with Crippen molar-refractivity contribution in [3.05, 3.63) is 27.8 Å². The molecule has 0 saturated heterocycles. The third-order valence-electron chi connectivity index (χ3n) is 2.17. The first-order valence-corrected chi connectivity index (χ1v) is 6.48. The van der Waals surface area contributed by atoms with E-state index in [1.807, 2.05) is 26.0 Å². The molecular weight excluding hydrogens is 331 g/mol. The molecule has 0 aliphatic carbocycles. The first kappa shape index (κ1) is 14.3. The summed E-state index contributed by atoms with van der Waals surface area (Å²) in [5, 5.41) is 0. The van der Waals surface area contributed by atoms with Crippen molar-refractivity contribution in [1.29, 1.82) is 0 Å². The van der Waals surface area contributed by atoms with Gasteiger partial charge in [-0.15, -0.1) is 0 Å². The van der Waals surface area contributed by atoms with E-state index in [1.54, 1.807) is 13.2 Å². The second kappa shape index (κ2) is 6.86. The highest BCUT2D eigenvalue weighted by Gasteiger charge is 2.13. The van der Waals surface area contributed by atoms with E-state index < -0.39 is 0 Å². The average molecular weight is 348 g/mol. The predicted octanol–water partition coefficient (Wildman–Crippen LogP) is 3.70. The van der Waals surface area contributed by atoms with Gasteiger partial charge in [-0.05, 0) is 54.1 Å². The lowest BCUT2D eigenvalue weighted by molar-refractivity contribution is -0.0628. The van der Waals surface area contributed by atoms with Crippen LogP contribution in [0.15, 0.2) is 18.7 Å². The minimum atomic E-state index is -0.294. The van der Waals surface area contributed by atoms with Crippen molar-refractivity contribution < 1.29 is 14.2 Å². The fraction of sp³-hybridized carbons (Fsp3) is 0.385. The lowest BCUT2D eigenvalue weighted by Gasteiger charge is -2.18. The van der Waals surface area contributed by atoms with Gasteiger partial charge >= 0.3 is 0 Å². The van der Waals surface area contributed by atoms with E-state index in [-0.39, 0.29) is 6.29 Å². The Labute approximate surface area is 116 Å². The van der Waals surface area contributed by atoms with Crippen LogP contribution >= 0.6 is 22.6 Å². The van der Waals surface area contributed by atoms with Crippen LogP contribution in [0.1, 0.15) is 19.4 Å². The summed E-state index contributed by atoms with van der Waals surface area (Å²) in [5.41, 5.74) is 1.00. The number of ether oxygens (including phenoxy) is 3. The van der Waals surface area contributed by atoms with Crippen molar-refractivity contribution in [3.63, 3.8) is 0 Å². The first-order valence-electron chi connectivity index (χ1n) is 5.40. The van der Waals surface area contributed by atoms with Crippen LogP contribution in [0.4, 0.5) is 0 Å². The molecule has 0 fully saturated rings. The Morgan fingerprint density at radius 3 is 2.71 bits per heavy atom. The fourth-order valence-corrected chi connectivity index (χ4v) is 2.16. The third kappa shape index (κ3) is 3.89. The van der Waals surface area contributed by atoms with Crippen LogP contribution in [0, 0.1) is 3.57 Å².